The second-order valence-corrected chi connectivity index (χ2v) is 3.83. The molecule has 0 spiro atoms. The first-order valence-corrected chi connectivity index (χ1v) is 5.48. The van der Waals surface area contributed by atoms with Gasteiger partial charge in [-0.05, 0) is 20.3 Å². The van der Waals surface area contributed by atoms with Gasteiger partial charge in [0.15, 0.2) is 0 Å². The van der Waals surface area contributed by atoms with Gasteiger partial charge < -0.3 is 15.4 Å². The Hall–Kier alpha value is -1.69. The van der Waals surface area contributed by atoms with E-state index in [0.29, 0.717) is 24.4 Å². The molecule has 6 nitrogen and oxygen atoms in total. The Kier molecular flexibility index (Phi) is 4.84. The molecule has 0 aliphatic heterocycles. The molecule has 0 aromatic carbocycles. The van der Waals surface area contributed by atoms with Gasteiger partial charge in [-0.25, -0.2) is 4.79 Å². The van der Waals surface area contributed by atoms with E-state index in [-0.39, 0.29) is 18.9 Å². The summed E-state index contributed by atoms with van der Waals surface area (Å²) in [6.45, 7) is 3.95. The minimum Gasteiger partial charge on any atom is -0.396 e. The predicted molar refractivity (Wildman–Crippen MR) is 62.7 cm³/mol. The van der Waals surface area contributed by atoms with Gasteiger partial charge in [0, 0.05) is 30.1 Å². The number of carbonyl (C=O) groups excluding carboxylic acids is 1. The van der Waals surface area contributed by atoms with Crippen molar-refractivity contribution in [3.63, 3.8) is 0 Å². The van der Waals surface area contributed by atoms with Crippen LogP contribution < -0.4 is 11.0 Å². The molecule has 0 saturated carbocycles. The SMILES string of the molecule is Cc1nc(=O)[nH]c(C)c1CC(=O)NCCCO. The number of nitrogens with zero attached hydrogens (tertiary/aromatic N) is 1. The highest BCUT2D eigenvalue weighted by Crippen LogP contribution is 2.07. The van der Waals surface area contributed by atoms with Gasteiger partial charge in [0.2, 0.25) is 5.91 Å². The first kappa shape index (κ1) is 13.4. The summed E-state index contributed by atoms with van der Waals surface area (Å²) in [7, 11) is 0. The second-order valence-electron chi connectivity index (χ2n) is 3.83. The Bertz CT molecular complexity index is 428. The quantitative estimate of drug-likeness (QED) is 0.599. The van der Waals surface area contributed by atoms with Crippen LogP contribution in [-0.4, -0.2) is 34.1 Å². The number of aromatic nitrogens is 2. The number of aryl methyl sites for hydroxylation is 2. The van der Waals surface area contributed by atoms with Crippen molar-refractivity contribution in [1.82, 2.24) is 15.3 Å². The van der Waals surface area contributed by atoms with Crippen LogP contribution in [0.3, 0.4) is 0 Å². The highest BCUT2D eigenvalue weighted by Gasteiger charge is 2.10. The molecule has 6 heteroatoms. The molecular formula is C11H17N3O3. The van der Waals surface area contributed by atoms with E-state index in [4.69, 9.17) is 5.11 Å². The fourth-order valence-corrected chi connectivity index (χ4v) is 1.55. The van der Waals surface area contributed by atoms with Crippen LogP contribution in [0.15, 0.2) is 4.79 Å². The Balaban J connectivity index is 2.68. The fraction of sp³-hybridized carbons (Fsp3) is 0.545. The molecule has 0 unspecified atom stereocenters. The molecule has 1 heterocycles. The first-order chi connectivity index (χ1) is 8.04. The number of aromatic amines is 1. The lowest BCUT2D eigenvalue weighted by Crippen LogP contribution is -2.28. The first-order valence-electron chi connectivity index (χ1n) is 5.48. The van der Waals surface area contributed by atoms with Gasteiger partial charge in [-0.15, -0.1) is 0 Å². The molecule has 0 atom stereocenters. The topological polar surface area (TPSA) is 95.1 Å². The number of nitrogens with one attached hydrogen (secondary N) is 2. The van der Waals surface area contributed by atoms with Gasteiger partial charge >= 0.3 is 5.69 Å². The zero-order valence-corrected chi connectivity index (χ0v) is 10.0. The maximum absolute atomic E-state index is 11.6. The number of carbonyl (C=O) groups is 1. The molecule has 0 radical (unpaired) electrons. The number of amides is 1. The van der Waals surface area contributed by atoms with E-state index in [1.54, 1.807) is 13.8 Å². The van der Waals surface area contributed by atoms with Crippen molar-refractivity contribution >= 4 is 5.91 Å². The van der Waals surface area contributed by atoms with Crippen molar-refractivity contribution in [2.75, 3.05) is 13.2 Å². The van der Waals surface area contributed by atoms with E-state index < -0.39 is 5.69 Å². The monoisotopic (exact) mass is 239 g/mol. The summed E-state index contributed by atoms with van der Waals surface area (Å²) in [5, 5.41) is 11.3. The number of H-pyrrole nitrogens is 1. The summed E-state index contributed by atoms with van der Waals surface area (Å²) < 4.78 is 0. The number of aliphatic hydroxyl groups is 1. The molecule has 1 aromatic heterocycles. The fourth-order valence-electron chi connectivity index (χ4n) is 1.55. The maximum atomic E-state index is 11.6. The van der Waals surface area contributed by atoms with E-state index in [0.717, 1.165) is 5.56 Å². The standard InChI is InChI=1S/C11H17N3O3/c1-7-9(8(2)14-11(17)13-7)6-10(16)12-4-3-5-15/h15H,3-6H2,1-2H3,(H,12,16)(H,13,14,17). The Morgan fingerprint density at radius 3 is 2.76 bits per heavy atom. The van der Waals surface area contributed by atoms with Gasteiger partial charge in [0.1, 0.15) is 0 Å². The molecule has 1 amide bonds. The average Bonchev–Trinajstić information content (AvgIpc) is 2.24. The number of aliphatic hydroxyl groups excluding tert-OH is 1. The molecule has 0 aliphatic rings. The average molecular weight is 239 g/mol. The van der Waals surface area contributed by atoms with Crippen LogP contribution in [0.1, 0.15) is 23.4 Å². The molecule has 0 aliphatic carbocycles. The lowest BCUT2D eigenvalue weighted by molar-refractivity contribution is -0.120. The third kappa shape index (κ3) is 3.99. The Morgan fingerprint density at radius 1 is 1.47 bits per heavy atom. The Labute approximate surface area is 99.1 Å². The molecule has 0 saturated heterocycles. The molecule has 3 N–H and O–H groups in total. The van der Waals surface area contributed by atoms with Crippen molar-refractivity contribution in [2.24, 2.45) is 0 Å². The largest absolute Gasteiger partial charge is 0.396 e. The maximum Gasteiger partial charge on any atom is 0.345 e. The summed E-state index contributed by atoms with van der Waals surface area (Å²) in [5.74, 6) is -0.140. The van der Waals surface area contributed by atoms with Crippen molar-refractivity contribution in [2.45, 2.75) is 26.7 Å². The lowest BCUT2D eigenvalue weighted by Gasteiger charge is -2.08. The zero-order chi connectivity index (χ0) is 12.8. The van der Waals surface area contributed by atoms with E-state index in [2.05, 4.69) is 15.3 Å². The van der Waals surface area contributed by atoms with E-state index >= 15 is 0 Å². The summed E-state index contributed by atoms with van der Waals surface area (Å²) >= 11 is 0. The third-order valence-corrected chi connectivity index (χ3v) is 2.45. The van der Waals surface area contributed by atoms with Crippen molar-refractivity contribution in [3.8, 4) is 0 Å². The normalized spacial score (nSPS) is 10.3. The van der Waals surface area contributed by atoms with Crippen LogP contribution in [0.4, 0.5) is 0 Å². The summed E-state index contributed by atoms with van der Waals surface area (Å²) in [5.41, 5.74) is 1.58. The van der Waals surface area contributed by atoms with Crippen LogP contribution in [0.25, 0.3) is 0 Å². The molecular weight excluding hydrogens is 222 g/mol. The van der Waals surface area contributed by atoms with Gasteiger partial charge in [-0.2, -0.15) is 4.98 Å². The number of hydrogen-bond acceptors (Lipinski definition) is 4. The van der Waals surface area contributed by atoms with Crippen molar-refractivity contribution < 1.29 is 9.90 Å². The van der Waals surface area contributed by atoms with Crippen LogP contribution in [0, 0.1) is 13.8 Å². The van der Waals surface area contributed by atoms with Crippen LogP contribution in [0.5, 0.6) is 0 Å². The minimum atomic E-state index is -0.399. The highest BCUT2D eigenvalue weighted by atomic mass is 16.3. The molecule has 1 rings (SSSR count). The van der Waals surface area contributed by atoms with Crippen LogP contribution in [-0.2, 0) is 11.2 Å². The van der Waals surface area contributed by atoms with Gasteiger partial charge in [0.25, 0.3) is 0 Å². The van der Waals surface area contributed by atoms with Gasteiger partial charge in [-0.3, -0.25) is 4.79 Å². The predicted octanol–water partition coefficient (Wildman–Crippen LogP) is -0.572. The smallest absolute Gasteiger partial charge is 0.345 e. The van der Waals surface area contributed by atoms with Crippen molar-refractivity contribution in [3.05, 3.63) is 27.4 Å². The summed E-state index contributed by atoms with van der Waals surface area (Å²) in [6.07, 6.45) is 0.723. The molecule has 94 valence electrons. The van der Waals surface area contributed by atoms with Gasteiger partial charge in [-0.1, -0.05) is 0 Å². The van der Waals surface area contributed by atoms with Crippen molar-refractivity contribution in [1.29, 1.82) is 0 Å². The highest BCUT2D eigenvalue weighted by molar-refractivity contribution is 5.78. The zero-order valence-electron chi connectivity index (χ0n) is 10.0. The van der Waals surface area contributed by atoms with E-state index in [1.165, 1.54) is 0 Å². The number of rotatable bonds is 5. The summed E-state index contributed by atoms with van der Waals surface area (Å²) in [4.78, 5) is 28.9. The van der Waals surface area contributed by atoms with Crippen LogP contribution in [0.2, 0.25) is 0 Å². The van der Waals surface area contributed by atoms with E-state index in [1.807, 2.05) is 0 Å². The molecule has 0 bridgehead atoms. The minimum absolute atomic E-state index is 0.0541. The molecule has 17 heavy (non-hydrogen) atoms. The van der Waals surface area contributed by atoms with Gasteiger partial charge in [0.05, 0.1) is 6.42 Å². The molecule has 1 aromatic rings. The summed E-state index contributed by atoms with van der Waals surface area (Å²) in [6, 6.07) is 0. The third-order valence-electron chi connectivity index (χ3n) is 2.45. The second kappa shape index (κ2) is 6.15. The van der Waals surface area contributed by atoms with E-state index in [9.17, 15) is 9.59 Å². The van der Waals surface area contributed by atoms with Crippen LogP contribution >= 0.6 is 0 Å². The number of hydrogen-bond donors (Lipinski definition) is 3. The Morgan fingerprint density at radius 2 is 2.18 bits per heavy atom. The lowest BCUT2D eigenvalue weighted by atomic mass is 10.1. The molecule has 0 fully saturated rings.